The molecule has 0 bridgehead atoms. The van der Waals surface area contributed by atoms with Crippen molar-refractivity contribution in [1.82, 2.24) is 0 Å². The van der Waals surface area contributed by atoms with Crippen LogP contribution in [0.25, 0.3) is 0 Å². The molecule has 1 aliphatic rings. The largest absolute Gasteiger partial charge is 0.207 e. The summed E-state index contributed by atoms with van der Waals surface area (Å²) in [5.74, 6) is -0.628. The number of halogens is 3. The van der Waals surface area contributed by atoms with E-state index >= 15 is 0 Å². The van der Waals surface area contributed by atoms with Gasteiger partial charge in [-0.05, 0) is 42.2 Å². The van der Waals surface area contributed by atoms with Crippen LogP contribution in [0, 0.1) is 23.0 Å². The molecule has 2 unspecified atom stereocenters. The number of hydrogen-bond acceptors (Lipinski definition) is 0. The quantitative estimate of drug-likeness (QED) is 0.659. The van der Waals surface area contributed by atoms with E-state index in [-0.39, 0.29) is 10.8 Å². The standard InChI is InChI=1S/C16H21ClF2/c1-16(2)8-4-3-5-13(16)14(17)9-11-6-7-12(18)10-15(11)19/h6-7,10,13-14H,3-5,8-9H2,1-2H3. The maximum absolute atomic E-state index is 13.7. The minimum atomic E-state index is -0.537. The lowest BCUT2D eigenvalue weighted by molar-refractivity contribution is 0.132. The average molecular weight is 287 g/mol. The zero-order valence-corrected chi connectivity index (χ0v) is 12.3. The molecule has 2 rings (SSSR count). The molecule has 19 heavy (non-hydrogen) atoms. The van der Waals surface area contributed by atoms with Gasteiger partial charge in [0.05, 0.1) is 0 Å². The zero-order chi connectivity index (χ0) is 14.0. The van der Waals surface area contributed by atoms with E-state index in [1.807, 2.05) is 0 Å². The fourth-order valence-electron chi connectivity index (χ4n) is 3.23. The summed E-state index contributed by atoms with van der Waals surface area (Å²) in [6, 6.07) is 3.74. The van der Waals surface area contributed by atoms with Crippen molar-refractivity contribution in [2.24, 2.45) is 11.3 Å². The Bertz CT molecular complexity index is 442. The molecule has 0 nitrogen and oxygen atoms in total. The Hall–Kier alpha value is -0.630. The lowest BCUT2D eigenvalue weighted by Crippen LogP contribution is -2.35. The molecule has 1 aromatic rings. The lowest BCUT2D eigenvalue weighted by atomic mass is 9.67. The average Bonchev–Trinajstić information content (AvgIpc) is 2.32. The van der Waals surface area contributed by atoms with Crippen molar-refractivity contribution >= 4 is 11.6 Å². The molecule has 0 saturated heterocycles. The summed E-state index contributed by atoms with van der Waals surface area (Å²) in [7, 11) is 0. The Morgan fingerprint density at radius 2 is 2.05 bits per heavy atom. The molecular formula is C16H21ClF2. The molecule has 0 N–H and O–H groups in total. The van der Waals surface area contributed by atoms with Gasteiger partial charge in [-0.1, -0.05) is 32.8 Å². The number of benzene rings is 1. The van der Waals surface area contributed by atoms with Crippen LogP contribution in [0.4, 0.5) is 8.78 Å². The minimum Gasteiger partial charge on any atom is -0.207 e. The first-order chi connectivity index (χ1) is 8.90. The van der Waals surface area contributed by atoms with Gasteiger partial charge in [-0.2, -0.15) is 0 Å². The van der Waals surface area contributed by atoms with Crippen LogP contribution >= 0.6 is 11.6 Å². The fourth-order valence-corrected chi connectivity index (χ4v) is 3.86. The molecule has 0 spiro atoms. The predicted molar refractivity (Wildman–Crippen MR) is 75.4 cm³/mol. The summed E-state index contributed by atoms with van der Waals surface area (Å²) in [4.78, 5) is 0. The van der Waals surface area contributed by atoms with E-state index in [9.17, 15) is 8.78 Å². The van der Waals surface area contributed by atoms with E-state index in [2.05, 4.69) is 13.8 Å². The molecule has 1 aromatic carbocycles. The second kappa shape index (κ2) is 5.78. The third-order valence-corrected chi connectivity index (χ3v) is 4.92. The molecule has 0 radical (unpaired) electrons. The van der Waals surface area contributed by atoms with E-state index < -0.39 is 11.6 Å². The van der Waals surface area contributed by atoms with Crippen molar-refractivity contribution < 1.29 is 8.78 Å². The van der Waals surface area contributed by atoms with Crippen LogP contribution in [0.1, 0.15) is 45.1 Å². The molecule has 106 valence electrons. The Kier molecular flexibility index (Phi) is 4.50. The number of alkyl halides is 1. The highest BCUT2D eigenvalue weighted by atomic mass is 35.5. The van der Waals surface area contributed by atoms with Gasteiger partial charge < -0.3 is 0 Å². The Balaban J connectivity index is 2.09. The molecule has 1 saturated carbocycles. The smallest absolute Gasteiger partial charge is 0.129 e. The molecule has 0 aliphatic heterocycles. The topological polar surface area (TPSA) is 0 Å². The van der Waals surface area contributed by atoms with E-state index in [4.69, 9.17) is 11.6 Å². The molecule has 1 fully saturated rings. The second-order valence-corrected chi connectivity index (χ2v) is 6.86. The van der Waals surface area contributed by atoms with Crippen molar-refractivity contribution in [3.05, 3.63) is 35.4 Å². The lowest BCUT2D eigenvalue weighted by Gasteiger charge is -2.41. The first kappa shape index (κ1) is 14.8. The third-order valence-electron chi connectivity index (χ3n) is 4.46. The SMILES string of the molecule is CC1(C)CCCCC1C(Cl)Cc1ccc(F)cc1F. The normalized spacial score (nSPS) is 24.2. The maximum atomic E-state index is 13.7. The van der Waals surface area contributed by atoms with Crippen molar-refractivity contribution in [3.8, 4) is 0 Å². The van der Waals surface area contributed by atoms with E-state index in [1.54, 1.807) is 0 Å². The summed E-state index contributed by atoms with van der Waals surface area (Å²) >= 11 is 6.53. The van der Waals surface area contributed by atoms with Crippen molar-refractivity contribution in [2.75, 3.05) is 0 Å². The second-order valence-electron chi connectivity index (χ2n) is 6.30. The Morgan fingerprint density at radius 3 is 2.68 bits per heavy atom. The number of hydrogen-bond donors (Lipinski definition) is 0. The molecule has 0 heterocycles. The highest BCUT2D eigenvalue weighted by Gasteiger charge is 2.36. The Labute approximate surface area is 119 Å². The van der Waals surface area contributed by atoms with Crippen LogP contribution in [0.15, 0.2) is 18.2 Å². The molecule has 3 heteroatoms. The summed E-state index contributed by atoms with van der Waals surface area (Å²) in [6.07, 6.45) is 5.19. The summed E-state index contributed by atoms with van der Waals surface area (Å²) in [5.41, 5.74) is 0.726. The fraction of sp³-hybridized carbons (Fsp3) is 0.625. The van der Waals surface area contributed by atoms with Gasteiger partial charge in [0.1, 0.15) is 11.6 Å². The van der Waals surface area contributed by atoms with E-state index in [0.717, 1.165) is 12.5 Å². The van der Waals surface area contributed by atoms with E-state index in [0.29, 0.717) is 17.9 Å². The van der Waals surface area contributed by atoms with Crippen LogP contribution in [-0.2, 0) is 6.42 Å². The van der Waals surface area contributed by atoms with Gasteiger partial charge in [0.15, 0.2) is 0 Å². The van der Waals surface area contributed by atoms with Crippen LogP contribution in [0.3, 0.4) is 0 Å². The van der Waals surface area contributed by atoms with E-state index in [1.165, 1.54) is 31.4 Å². The Morgan fingerprint density at radius 1 is 1.32 bits per heavy atom. The van der Waals surface area contributed by atoms with Crippen LogP contribution in [0.2, 0.25) is 0 Å². The molecule has 1 aliphatic carbocycles. The maximum Gasteiger partial charge on any atom is 0.129 e. The van der Waals surface area contributed by atoms with Gasteiger partial charge in [0.25, 0.3) is 0 Å². The van der Waals surface area contributed by atoms with Gasteiger partial charge in [-0.25, -0.2) is 8.78 Å². The minimum absolute atomic E-state index is 0.0877. The molecule has 2 atom stereocenters. The highest BCUT2D eigenvalue weighted by Crippen LogP contribution is 2.44. The van der Waals surface area contributed by atoms with Gasteiger partial charge in [-0.15, -0.1) is 11.6 Å². The van der Waals surface area contributed by atoms with Crippen molar-refractivity contribution in [1.29, 1.82) is 0 Å². The third kappa shape index (κ3) is 3.47. The molecule has 0 amide bonds. The van der Waals surface area contributed by atoms with Crippen LogP contribution in [-0.4, -0.2) is 5.38 Å². The first-order valence-corrected chi connectivity index (χ1v) is 7.42. The molecular weight excluding hydrogens is 266 g/mol. The number of rotatable bonds is 3. The predicted octanol–water partition coefficient (Wildman–Crippen LogP) is 5.33. The summed E-state index contributed by atoms with van der Waals surface area (Å²) < 4.78 is 26.6. The van der Waals surface area contributed by atoms with Gasteiger partial charge in [0.2, 0.25) is 0 Å². The first-order valence-electron chi connectivity index (χ1n) is 6.98. The summed E-state index contributed by atoms with van der Waals surface area (Å²) in [6.45, 7) is 4.49. The highest BCUT2D eigenvalue weighted by molar-refractivity contribution is 6.21. The zero-order valence-electron chi connectivity index (χ0n) is 11.6. The van der Waals surface area contributed by atoms with Crippen LogP contribution < -0.4 is 0 Å². The van der Waals surface area contributed by atoms with Gasteiger partial charge >= 0.3 is 0 Å². The van der Waals surface area contributed by atoms with Gasteiger partial charge in [0, 0.05) is 11.4 Å². The van der Waals surface area contributed by atoms with Crippen molar-refractivity contribution in [2.45, 2.75) is 51.3 Å². The van der Waals surface area contributed by atoms with Crippen molar-refractivity contribution in [3.63, 3.8) is 0 Å². The summed E-state index contributed by atoms with van der Waals surface area (Å²) in [5, 5.41) is -0.0877. The van der Waals surface area contributed by atoms with Gasteiger partial charge in [-0.3, -0.25) is 0 Å². The molecule has 0 aromatic heterocycles. The van der Waals surface area contributed by atoms with Crippen LogP contribution in [0.5, 0.6) is 0 Å². The monoisotopic (exact) mass is 286 g/mol.